The first kappa shape index (κ1) is 12.2. The molecule has 0 aliphatic rings. The maximum absolute atomic E-state index is 11.8. The van der Waals surface area contributed by atoms with E-state index in [1.807, 2.05) is 0 Å². The fourth-order valence-electron chi connectivity index (χ4n) is 0.943. The number of ether oxygens (including phenoxy) is 1. The second-order valence-electron chi connectivity index (χ2n) is 2.95. The standard InChI is InChI=1S/C9H8F3NO3/c10-9(11,12)4-16-7-3-5(8(13)15)1-2-6(7)14/h1-3,14H,4H2,(H2,13,15). The number of primary amides is 1. The number of phenols is 1. The normalized spacial score (nSPS) is 11.2. The Morgan fingerprint density at radius 1 is 1.44 bits per heavy atom. The van der Waals surface area contributed by atoms with Crippen LogP contribution in [0.15, 0.2) is 18.2 Å². The van der Waals surface area contributed by atoms with E-state index in [2.05, 4.69) is 4.74 Å². The van der Waals surface area contributed by atoms with Crippen LogP contribution in [0.2, 0.25) is 0 Å². The van der Waals surface area contributed by atoms with Crippen LogP contribution in [-0.4, -0.2) is 23.8 Å². The Balaban J connectivity index is 2.86. The van der Waals surface area contributed by atoms with E-state index in [1.54, 1.807) is 0 Å². The van der Waals surface area contributed by atoms with Gasteiger partial charge in [0.15, 0.2) is 18.1 Å². The van der Waals surface area contributed by atoms with E-state index >= 15 is 0 Å². The van der Waals surface area contributed by atoms with Gasteiger partial charge in [0, 0.05) is 5.56 Å². The smallest absolute Gasteiger partial charge is 0.422 e. The first-order valence-electron chi connectivity index (χ1n) is 4.12. The summed E-state index contributed by atoms with van der Waals surface area (Å²) in [6.45, 7) is -1.55. The van der Waals surface area contributed by atoms with Gasteiger partial charge < -0.3 is 15.6 Å². The van der Waals surface area contributed by atoms with E-state index in [-0.39, 0.29) is 5.56 Å². The van der Waals surface area contributed by atoms with Crippen molar-refractivity contribution in [3.05, 3.63) is 23.8 Å². The zero-order valence-corrected chi connectivity index (χ0v) is 7.91. The molecule has 7 heteroatoms. The van der Waals surface area contributed by atoms with Crippen LogP contribution in [-0.2, 0) is 0 Å². The predicted octanol–water partition coefficient (Wildman–Crippen LogP) is 1.43. The molecule has 1 rings (SSSR count). The summed E-state index contributed by atoms with van der Waals surface area (Å²) in [4.78, 5) is 10.7. The van der Waals surface area contributed by atoms with E-state index in [0.717, 1.165) is 12.1 Å². The summed E-state index contributed by atoms with van der Waals surface area (Å²) in [6, 6.07) is 3.16. The third-order valence-corrected chi connectivity index (χ3v) is 1.64. The lowest BCUT2D eigenvalue weighted by molar-refractivity contribution is -0.153. The van der Waals surface area contributed by atoms with Gasteiger partial charge in [0.25, 0.3) is 0 Å². The van der Waals surface area contributed by atoms with E-state index in [4.69, 9.17) is 10.8 Å². The Kier molecular flexibility index (Phi) is 3.26. The van der Waals surface area contributed by atoms with Crippen LogP contribution < -0.4 is 10.5 Å². The van der Waals surface area contributed by atoms with Crippen LogP contribution in [0.5, 0.6) is 11.5 Å². The number of halogens is 3. The summed E-state index contributed by atoms with van der Waals surface area (Å²) in [7, 11) is 0. The minimum absolute atomic E-state index is 0.0463. The molecule has 0 saturated carbocycles. The molecule has 0 aromatic heterocycles. The van der Waals surface area contributed by atoms with Crippen molar-refractivity contribution in [3.8, 4) is 11.5 Å². The lowest BCUT2D eigenvalue weighted by Crippen LogP contribution is -2.19. The summed E-state index contributed by atoms with van der Waals surface area (Å²) in [5.74, 6) is -1.75. The highest BCUT2D eigenvalue weighted by Gasteiger charge is 2.29. The Hall–Kier alpha value is -1.92. The molecule has 0 atom stereocenters. The molecule has 4 nitrogen and oxygen atoms in total. The SMILES string of the molecule is NC(=O)c1ccc(O)c(OCC(F)(F)F)c1. The Bertz CT molecular complexity index is 403. The first-order valence-corrected chi connectivity index (χ1v) is 4.12. The molecule has 0 aliphatic heterocycles. The highest BCUT2D eigenvalue weighted by molar-refractivity contribution is 5.93. The number of aromatic hydroxyl groups is 1. The van der Waals surface area contributed by atoms with Gasteiger partial charge in [-0.1, -0.05) is 0 Å². The van der Waals surface area contributed by atoms with Gasteiger partial charge in [0.2, 0.25) is 5.91 Å². The Morgan fingerprint density at radius 3 is 2.56 bits per heavy atom. The summed E-state index contributed by atoms with van der Waals surface area (Å²) < 4.78 is 39.8. The lowest BCUT2D eigenvalue weighted by atomic mass is 10.2. The fraction of sp³-hybridized carbons (Fsp3) is 0.222. The molecule has 1 amide bonds. The van der Waals surface area contributed by atoms with Gasteiger partial charge in [-0.15, -0.1) is 0 Å². The molecule has 0 saturated heterocycles. The van der Waals surface area contributed by atoms with Crippen molar-refractivity contribution in [2.75, 3.05) is 6.61 Å². The number of carbonyl (C=O) groups is 1. The molecule has 0 aliphatic carbocycles. The van der Waals surface area contributed by atoms with Gasteiger partial charge in [-0.2, -0.15) is 13.2 Å². The molecular formula is C9H8F3NO3. The lowest BCUT2D eigenvalue weighted by Gasteiger charge is -2.10. The third kappa shape index (κ3) is 3.34. The molecular weight excluding hydrogens is 227 g/mol. The summed E-state index contributed by atoms with van der Waals surface area (Å²) in [5.41, 5.74) is 4.87. The average Bonchev–Trinajstić information content (AvgIpc) is 2.14. The van der Waals surface area contributed by atoms with Crippen molar-refractivity contribution in [1.82, 2.24) is 0 Å². The van der Waals surface area contributed by atoms with Crippen LogP contribution in [0, 0.1) is 0 Å². The predicted molar refractivity (Wildman–Crippen MR) is 48.2 cm³/mol. The number of hydrogen-bond donors (Lipinski definition) is 2. The van der Waals surface area contributed by atoms with Crippen LogP contribution >= 0.6 is 0 Å². The number of benzene rings is 1. The number of hydrogen-bond acceptors (Lipinski definition) is 3. The van der Waals surface area contributed by atoms with Crippen molar-refractivity contribution in [1.29, 1.82) is 0 Å². The maximum Gasteiger partial charge on any atom is 0.422 e. The van der Waals surface area contributed by atoms with Crippen molar-refractivity contribution in [2.24, 2.45) is 5.73 Å². The maximum atomic E-state index is 11.8. The van der Waals surface area contributed by atoms with Crippen molar-refractivity contribution >= 4 is 5.91 Å². The molecule has 1 aromatic rings. The Labute approximate surface area is 88.4 Å². The average molecular weight is 235 g/mol. The van der Waals surface area contributed by atoms with Crippen molar-refractivity contribution in [3.63, 3.8) is 0 Å². The highest BCUT2D eigenvalue weighted by Crippen LogP contribution is 2.28. The zero-order valence-electron chi connectivity index (χ0n) is 7.91. The first-order chi connectivity index (χ1) is 7.29. The van der Waals surface area contributed by atoms with Crippen molar-refractivity contribution < 1.29 is 27.8 Å². The molecule has 0 fully saturated rings. The van der Waals surface area contributed by atoms with E-state index in [9.17, 15) is 18.0 Å². The molecule has 1 aromatic carbocycles. The quantitative estimate of drug-likeness (QED) is 0.832. The van der Waals surface area contributed by atoms with Crippen LogP contribution in [0.1, 0.15) is 10.4 Å². The molecule has 16 heavy (non-hydrogen) atoms. The second-order valence-corrected chi connectivity index (χ2v) is 2.95. The van der Waals surface area contributed by atoms with Gasteiger partial charge in [-0.25, -0.2) is 0 Å². The number of alkyl halides is 3. The number of phenolic OH excluding ortho intramolecular Hbond substituents is 1. The van der Waals surface area contributed by atoms with Gasteiger partial charge in [-0.3, -0.25) is 4.79 Å². The molecule has 0 radical (unpaired) electrons. The molecule has 0 heterocycles. The molecule has 0 unspecified atom stereocenters. The molecule has 88 valence electrons. The van der Waals surface area contributed by atoms with Crippen LogP contribution in [0.25, 0.3) is 0 Å². The zero-order chi connectivity index (χ0) is 12.3. The minimum Gasteiger partial charge on any atom is -0.504 e. The van der Waals surface area contributed by atoms with E-state index in [0.29, 0.717) is 0 Å². The number of carbonyl (C=O) groups excluding carboxylic acids is 1. The van der Waals surface area contributed by atoms with E-state index in [1.165, 1.54) is 6.07 Å². The minimum atomic E-state index is -4.52. The highest BCUT2D eigenvalue weighted by atomic mass is 19.4. The molecule has 0 bridgehead atoms. The van der Waals surface area contributed by atoms with Gasteiger partial charge in [0.1, 0.15) is 0 Å². The molecule has 0 spiro atoms. The fourth-order valence-corrected chi connectivity index (χ4v) is 0.943. The topological polar surface area (TPSA) is 72.6 Å². The summed E-state index contributed by atoms with van der Waals surface area (Å²) in [6.07, 6.45) is -4.52. The van der Waals surface area contributed by atoms with Gasteiger partial charge in [-0.05, 0) is 18.2 Å². The largest absolute Gasteiger partial charge is 0.504 e. The van der Waals surface area contributed by atoms with Gasteiger partial charge in [0.05, 0.1) is 0 Å². The van der Waals surface area contributed by atoms with Crippen LogP contribution in [0.3, 0.4) is 0 Å². The second kappa shape index (κ2) is 4.30. The van der Waals surface area contributed by atoms with Crippen molar-refractivity contribution in [2.45, 2.75) is 6.18 Å². The summed E-state index contributed by atoms with van der Waals surface area (Å²) >= 11 is 0. The van der Waals surface area contributed by atoms with Crippen LogP contribution in [0.4, 0.5) is 13.2 Å². The number of amides is 1. The monoisotopic (exact) mass is 235 g/mol. The summed E-state index contributed by atoms with van der Waals surface area (Å²) in [5, 5.41) is 9.17. The Morgan fingerprint density at radius 2 is 2.06 bits per heavy atom. The van der Waals surface area contributed by atoms with Gasteiger partial charge >= 0.3 is 6.18 Å². The molecule has 3 N–H and O–H groups in total. The third-order valence-electron chi connectivity index (χ3n) is 1.64. The number of rotatable bonds is 3. The number of nitrogens with two attached hydrogens (primary N) is 1. The van der Waals surface area contributed by atoms with E-state index < -0.39 is 30.2 Å².